The molecule has 2 aromatic rings. The number of hydrogen-bond acceptors (Lipinski definition) is 5. The molecule has 3 rings (SSSR count). The Morgan fingerprint density at radius 3 is 2.83 bits per heavy atom. The van der Waals surface area contributed by atoms with Crippen LogP contribution in [0.5, 0.6) is 5.75 Å². The predicted molar refractivity (Wildman–Crippen MR) is 122 cm³/mol. The third-order valence-corrected chi connectivity index (χ3v) is 6.73. The van der Waals surface area contributed by atoms with Gasteiger partial charge in [0.1, 0.15) is 5.75 Å². The summed E-state index contributed by atoms with van der Waals surface area (Å²) in [7, 11) is 1.58. The number of aliphatic imine (C=N–C) groups is 1. The zero-order chi connectivity index (χ0) is 21.7. The number of halogens is 1. The summed E-state index contributed by atoms with van der Waals surface area (Å²) in [6.45, 7) is 8.45. The lowest BCUT2D eigenvalue weighted by molar-refractivity contribution is 0.360. The van der Waals surface area contributed by atoms with E-state index in [1.807, 2.05) is 6.19 Å². The predicted octanol–water partition coefficient (Wildman–Crippen LogP) is 4.48. The first-order valence-corrected chi connectivity index (χ1v) is 11.3. The zero-order valence-electron chi connectivity index (χ0n) is 17.9. The molecule has 0 unspecified atom stereocenters. The summed E-state index contributed by atoms with van der Waals surface area (Å²) in [6, 6.07) is 5.64. The maximum Gasteiger partial charge on any atom is 0.207 e. The highest BCUT2D eigenvalue weighted by Gasteiger charge is 2.21. The van der Waals surface area contributed by atoms with Crippen molar-refractivity contribution in [3.63, 3.8) is 0 Å². The Kier molecular flexibility index (Phi) is 7.35. The summed E-state index contributed by atoms with van der Waals surface area (Å²) in [5.41, 5.74) is 0.597. The fourth-order valence-corrected chi connectivity index (χ4v) is 4.63. The maximum atomic E-state index is 9.29. The lowest BCUT2D eigenvalue weighted by Crippen LogP contribution is -2.39. The molecule has 8 heteroatoms. The average molecular weight is 446 g/mol. The van der Waals surface area contributed by atoms with Gasteiger partial charge in [0, 0.05) is 28.7 Å². The van der Waals surface area contributed by atoms with E-state index in [-0.39, 0.29) is 5.41 Å². The van der Waals surface area contributed by atoms with Gasteiger partial charge in [0.2, 0.25) is 6.19 Å². The standard InChI is InChI=1S/C22H28ClN5OS/c1-22(2,3)19-13-28(12-16-7-5-6-10-25-16)21(30-19)27-20(26-14-24)17-11-15(23)8-9-18(17)29-4/h8-9,11,13,16,25H,5-7,10,12H2,1-4H3/t16-/m1/s1. The first-order valence-electron chi connectivity index (χ1n) is 10.1. The van der Waals surface area contributed by atoms with Crippen molar-refractivity contribution in [2.75, 3.05) is 13.7 Å². The van der Waals surface area contributed by atoms with Gasteiger partial charge in [0.25, 0.3) is 0 Å². The molecule has 1 saturated heterocycles. The quantitative estimate of drug-likeness (QED) is 0.428. The van der Waals surface area contributed by atoms with Crippen molar-refractivity contribution in [2.24, 2.45) is 9.98 Å². The highest BCUT2D eigenvalue weighted by Crippen LogP contribution is 2.26. The van der Waals surface area contributed by atoms with Crippen LogP contribution in [0.25, 0.3) is 0 Å². The van der Waals surface area contributed by atoms with E-state index < -0.39 is 0 Å². The molecule has 160 valence electrons. The molecular weight excluding hydrogens is 418 g/mol. The van der Waals surface area contributed by atoms with Gasteiger partial charge in [-0.15, -0.1) is 11.3 Å². The van der Waals surface area contributed by atoms with Crippen LogP contribution in [0.1, 0.15) is 50.5 Å². The molecule has 1 fully saturated rings. The topological polar surface area (TPSA) is 74.7 Å². The van der Waals surface area contributed by atoms with E-state index in [0.717, 1.165) is 24.3 Å². The number of ether oxygens (including phenoxy) is 1. The Hall–Kier alpha value is -2.14. The van der Waals surface area contributed by atoms with Crippen molar-refractivity contribution in [3.8, 4) is 11.9 Å². The average Bonchev–Trinajstić information content (AvgIpc) is 3.11. The summed E-state index contributed by atoms with van der Waals surface area (Å²) < 4.78 is 7.63. The minimum atomic E-state index is 0.000456. The molecule has 6 nitrogen and oxygen atoms in total. The summed E-state index contributed by atoms with van der Waals surface area (Å²) in [6.07, 6.45) is 7.66. The minimum absolute atomic E-state index is 0.000456. The lowest BCUT2D eigenvalue weighted by Gasteiger charge is -2.23. The minimum Gasteiger partial charge on any atom is -0.496 e. The zero-order valence-corrected chi connectivity index (χ0v) is 19.5. The molecule has 0 spiro atoms. The van der Waals surface area contributed by atoms with Crippen LogP contribution >= 0.6 is 22.9 Å². The summed E-state index contributed by atoms with van der Waals surface area (Å²) >= 11 is 7.83. The molecule has 1 N–H and O–H groups in total. The Bertz CT molecular complexity index is 1020. The van der Waals surface area contributed by atoms with Gasteiger partial charge in [0.15, 0.2) is 10.6 Å². The fourth-order valence-electron chi connectivity index (χ4n) is 3.40. The third kappa shape index (κ3) is 5.51. The number of nitriles is 1. The number of methoxy groups -OCH3 is 1. The number of rotatable bonds is 4. The Balaban J connectivity index is 2.10. The van der Waals surface area contributed by atoms with Crippen LogP contribution in [-0.2, 0) is 12.0 Å². The van der Waals surface area contributed by atoms with Crippen LogP contribution in [0, 0.1) is 11.5 Å². The van der Waals surface area contributed by atoms with Crippen molar-refractivity contribution in [1.29, 1.82) is 5.26 Å². The van der Waals surface area contributed by atoms with Gasteiger partial charge in [0.05, 0.1) is 12.7 Å². The summed E-state index contributed by atoms with van der Waals surface area (Å²) in [4.78, 5) is 10.8. The number of piperidine rings is 1. The van der Waals surface area contributed by atoms with Gasteiger partial charge in [-0.1, -0.05) is 38.8 Å². The van der Waals surface area contributed by atoms with E-state index in [9.17, 15) is 5.26 Å². The van der Waals surface area contributed by atoms with Crippen LogP contribution in [0.2, 0.25) is 5.02 Å². The molecule has 0 radical (unpaired) electrons. The molecule has 0 aliphatic carbocycles. The van der Waals surface area contributed by atoms with E-state index in [1.165, 1.54) is 17.7 Å². The van der Waals surface area contributed by atoms with Gasteiger partial charge >= 0.3 is 0 Å². The fraction of sp³-hybridized carbons (Fsp3) is 0.500. The second-order valence-corrected chi connectivity index (χ2v) is 9.86. The molecular formula is C22H28ClN5OS. The maximum absolute atomic E-state index is 9.29. The van der Waals surface area contributed by atoms with Crippen LogP contribution in [-0.4, -0.2) is 30.1 Å². The molecule has 0 bridgehead atoms. The van der Waals surface area contributed by atoms with Crippen molar-refractivity contribution < 1.29 is 4.74 Å². The SMILES string of the molecule is COc1ccc(Cl)cc1C(=NC#N)N=c1sc(C(C)(C)C)cn1C[C@H]1CCCCN1. The van der Waals surface area contributed by atoms with Gasteiger partial charge in [-0.05, 0) is 43.0 Å². The number of nitrogens with zero attached hydrogens (tertiary/aromatic N) is 4. The Labute approximate surface area is 186 Å². The molecule has 1 aromatic heterocycles. The molecule has 1 atom stereocenters. The van der Waals surface area contributed by atoms with Gasteiger partial charge in [-0.3, -0.25) is 0 Å². The number of nitrogens with one attached hydrogen (secondary N) is 1. The van der Waals surface area contributed by atoms with E-state index in [1.54, 1.807) is 36.6 Å². The summed E-state index contributed by atoms with van der Waals surface area (Å²) in [5.74, 6) is 0.870. The normalized spacial score (nSPS) is 18.3. The highest BCUT2D eigenvalue weighted by molar-refractivity contribution is 7.09. The molecule has 1 aliphatic rings. The van der Waals surface area contributed by atoms with Gasteiger partial charge < -0.3 is 14.6 Å². The number of hydrogen-bond donors (Lipinski definition) is 1. The van der Waals surface area contributed by atoms with E-state index in [2.05, 4.69) is 41.8 Å². The van der Waals surface area contributed by atoms with Crippen molar-refractivity contribution >= 4 is 28.8 Å². The van der Waals surface area contributed by atoms with Gasteiger partial charge in [-0.25, -0.2) is 0 Å². The van der Waals surface area contributed by atoms with Crippen LogP contribution in [0.15, 0.2) is 34.4 Å². The Morgan fingerprint density at radius 2 is 2.20 bits per heavy atom. The summed E-state index contributed by atoms with van der Waals surface area (Å²) in [5, 5.41) is 13.4. The molecule has 30 heavy (non-hydrogen) atoms. The van der Waals surface area contributed by atoms with E-state index >= 15 is 0 Å². The molecule has 0 amide bonds. The lowest BCUT2D eigenvalue weighted by atomic mass is 9.95. The number of benzene rings is 1. The van der Waals surface area contributed by atoms with Gasteiger partial charge in [-0.2, -0.15) is 15.2 Å². The molecule has 1 aromatic carbocycles. The van der Waals surface area contributed by atoms with E-state index in [0.29, 0.717) is 28.2 Å². The third-order valence-electron chi connectivity index (χ3n) is 5.05. The second kappa shape index (κ2) is 9.78. The van der Waals surface area contributed by atoms with Crippen LogP contribution < -0.4 is 14.9 Å². The van der Waals surface area contributed by atoms with Crippen molar-refractivity contribution in [1.82, 2.24) is 9.88 Å². The smallest absolute Gasteiger partial charge is 0.207 e. The second-order valence-electron chi connectivity index (χ2n) is 8.42. The number of thiazole rings is 1. The van der Waals surface area contributed by atoms with Crippen LogP contribution in [0.4, 0.5) is 0 Å². The number of amidine groups is 1. The largest absolute Gasteiger partial charge is 0.496 e. The molecule has 0 saturated carbocycles. The number of aromatic nitrogens is 1. The van der Waals surface area contributed by atoms with Crippen LogP contribution in [0.3, 0.4) is 0 Å². The molecule has 1 aliphatic heterocycles. The van der Waals surface area contributed by atoms with Crippen molar-refractivity contribution in [2.45, 2.75) is 58.0 Å². The van der Waals surface area contributed by atoms with Crippen molar-refractivity contribution in [3.05, 3.63) is 44.7 Å². The van der Waals surface area contributed by atoms with E-state index in [4.69, 9.17) is 21.3 Å². The molecule has 2 heterocycles. The monoisotopic (exact) mass is 445 g/mol. The Morgan fingerprint density at radius 1 is 1.40 bits per heavy atom. The first-order chi connectivity index (χ1) is 14.3. The first kappa shape index (κ1) is 22.5. The highest BCUT2D eigenvalue weighted by atomic mass is 35.5.